The number of benzene rings is 1. The minimum atomic E-state index is -0.722. The lowest BCUT2D eigenvalue weighted by Gasteiger charge is -2.32. The second-order valence-electron chi connectivity index (χ2n) is 7.35. The van der Waals surface area contributed by atoms with Gasteiger partial charge in [-0.1, -0.05) is 55.3 Å². The first-order valence-electron chi connectivity index (χ1n) is 9.81. The quantitative estimate of drug-likeness (QED) is 0.453. The smallest absolute Gasteiger partial charge is 0.234 e. The zero-order valence-corrected chi connectivity index (χ0v) is 17.9. The third-order valence-electron chi connectivity index (χ3n) is 5.25. The van der Waals surface area contributed by atoms with Crippen molar-refractivity contribution in [2.24, 2.45) is 0 Å². The predicted molar refractivity (Wildman–Crippen MR) is 118 cm³/mol. The number of aromatic nitrogens is 2. The summed E-state index contributed by atoms with van der Waals surface area (Å²) in [6.45, 7) is 1.87. The van der Waals surface area contributed by atoms with Gasteiger partial charge in [0, 0.05) is 5.39 Å². The van der Waals surface area contributed by atoms with E-state index in [0.717, 1.165) is 52.9 Å². The molecule has 148 valence electrons. The Labute approximate surface area is 178 Å². The molecule has 0 unspecified atom stereocenters. The number of para-hydroxylation sites is 1. The van der Waals surface area contributed by atoms with Crippen molar-refractivity contribution in [3.63, 3.8) is 0 Å². The Bertz CT molecular complexity index is 1050. The number of thiophene rings is 1. The molecular formula is C22H22N4OS2. The highest BCUT2D eigenvalue weighted by Gasteiger charge is 2.35. The van der Waals surface area contributed by atoms with Crippen molar-refractivity contribution in [1.29, 1.82) is 5.26 Å². The van der Waals surface area contributed by atoms with Crippen LogP contribution in [0, 0.1) is 11.3 Å². The fourth-order valence-electron chi connectivity index (χ4n) is 3.63. The first-order chi connectivity index (χ1) is 14.1. The first-order valence-corrected chi connectivity index (χ1v) is 11.6. The van der Waals surface area contributed by atoms with Gasteiger partial charge in [-0.25, -0.2) is 9.97 Å². The standard InChI is InChI=1S/C22H22N4OS2/c1-15(20(27)26-22(14-23)11-5-2-6-12-22)29-21-16-8-3-4-9-17(16)24-19(25-21)18-10-7-13-28-18/h3-4,7-10,13,15H,2,5-6,11-12H2,1H3,(H,26,27)/t15-/m0/s1. The summed E-state index contributed by atoms with van der Waals surface area (Å²) in [7, 11) is 0. The van der Waals surface area contributed by atoms with Gasteiger partial charge in [0.1, 0.15) is 10.6 Å². The van der Waals surface area contributed by atoms with Crippen LogP contribution in [0.1, 0.15) is 39.0 Å². The van der Waals surface area contributed by atoms with Gasteiger partial charge in [-0.05, 0) is 37.3 Å². The summed E-state index contributed by atoms with van der Waals surface area (Å²) in [5.41, 5.74) is 0.141. The molecule has 1 aliphatic carbocycles. The Morgan fingerprint density at radius 3 is 2.72 bits per heavy atom. The van der Waals surface area contributed by atoms with Gasteiger partial charge in [-0.2, -0.15) is 5.26 Å². The van der Waals surface area contributed by atoms with Crippen molar-refractivity contribution in [1.82, 2.24) is 15.3 Å². The SMILES string of the molecule is C[C@H](Sc1nc(-c2cccs2)nc2ccccc12)C(=O)NC1(C#N)CCCCC1. The molecular weight excluding hydrogens is 400 g/mol. The average molecular weight is 423 g/mol. The maximum Gasteiger partial charge on any atom is 0.234 e. The molecule has 0 saturated heterocycles. The number of carbonyl (C=O) groups is 1. The van der Waals surface area contributed by atoms with Crippen LogP contribution in [0.5, 0.6) is 0 Å². The zero-order chi connectivity index (χ0) is 20.3. The Kier molecular flexibility index (Phi) is 5.84. The van der Waals surface area contributed by atoms with E-state index in [2.05, 4.69) is 11.4 Å². The van der Waals surface area contributed by atoms with Gasteiger partial charge >= 0.3 is 0 Å². The molecule has 1 aromatic carbocycles. The van der Waals surface area contributed by atoms with Gasteiger partial charge in [-0.15, -0.1) is 11.3 Å². The number of fused-ring (bicyclic) bond motifs is 1. The number of rotatable bonds is 5. The monoisotopic (exact) mass is 422 g/mol. The Balaban J connectivity index is 1.59. The lowest BCUT2D eigenvalue weighted by molar-refractivity contribution is -0.121. The Hall–Kier alpha value is -2.43. The van der Waals surface area contributed by atoms with Crippen LogP contribution in [0.4, 0.5) is 0 Å². The number of carbonyl (C=O) groups excluding carboxylic acids is 1. The van der Waals surface area contributed by atoms with Gasteiger partial charge in [0.05, 0.1) is 21.7 Å². The van der Waals surface area contributed by atoms with Gasteiger partial charge in [-0.3, -0.25) is 4.79 Å². The molecule has 5 nitrogen and oxygen atoms in total. The molecule has 1 N–H and O–H groups in total. The second kappa shape index (κ2) is 8.52. The molecule has 1 fully saturated rings. The maximum atomic E-state index is 12.9. The van der Waals surface area contributed by atoms with Crippen LogP contribution in [0.25, 0.3) is 21.6 Å². The molecule has 1 amide bonds. The number of amides is 1. The van der Waals surface area contributed by atoms with Crippen LogP contribution in [0.15, 0.2) is 46.8 Å². The molecule has 1 atom stereocenters. The largest absolute Gasteiger partial charge is 0.337 e. The van der Waals surface area contributed by atoms with E-state index in [1.54, 1.807) is 11.3 Å². The highest BCUT2D eigenvalue weighted by atomic mass is 32.2. The number of thioether (sulfide) groups is 1. The van der Waals surface area contributed by atoms with Crippen molar-refractivity contribution >= 4 is 39.9 Å². The average Bonchev–Trinajstić information content (AvgIpc) is 3.29. The fraction of sp³-hybridized carbons (Fsp3) is 0.364. The Morgan fingerprint density at radius 2 is 2.00 bits per heavy atom. The molecule has 0 bridgehead atoms. The predicted octanol–water partition coefficient (Wildman–Crippen LogP) is 5.18. The van der Waals surface area contributed by atoms with E-state index in [4.69, 9.17) is 9.97 Å². The highest BCUT2D eigenvalue weighted by molar-refractivity contribution is 8.00. The molecule has 0 spiro atoms. The summed E-state index contributed by atoms with van der Waals surface area (Å²) in [5, 5.41) is 16.0. The van der Waals surface area contributed by atoms with Crippen LogP contribution >= 0.6 is 23.1 Å². The van der Waals surface area contributed by atoms with E-state index in [1.807, 2.05) is 48.7 Å². The lowest BCUT2D eigenvalue weighted by Crippen LogP contribution is -2.50. The van der Waals surface area contributed by atoms with Gasteiger partial charge in [0.2, 0.25) is 5.91 Å². The Morgan fingerprint density at radius 1 is 1.21 bits per heavy atom. The van der Waals surface area contributed by atoms with Crippen molar-refractivity contribution in [2.75, 3.05) is 0 Å². The first kappa shape index (κ1) is 19.9. The van der Waals surface area contributed by atoms with Crippen LogP contribution in [0.3, 0.4) is 0 Å². The van der Waals surface area contributed by atoms with Crippen molar-refractivity contribution in [3.05, 3.63) is 41.8 Å². The van der Waals surface area contributed by atoms with Crippen molar-refractivity contribution in [2.45, 2.75) is 54.8 Å². The van der Waals surface area contributed by atoms with Crippen LogP contribution in [0.2, 0.25) is 0 Å². The van der Waals surface area contributed by atoms with E-state index in [0.29, 0.717) is 5.82 Å². The van der Waals surface area contributed by atoms with Gasteiger partial charge in [0.25, 0.3) is 0 Å². The minimum absolute atomic E-state index is 0.112. The van der Waals surface area contributed by atoms with E-state index < -0.39 is 5.54 Å². The van der Waals surface area contributed by atoms with Gasteiger partial charge < -0.3 is 5.32 Å². The molecule has 1 aliphatic rings. The topological polar surface area (TPSA) is 78.7 Å². The molecule has 29 heavy (non-hydrogen) atoms. The molecule has 7 heteroatoms. The number of nitrogens with one attached hydrogen (secondary N) is 1. The van der Waals surface area contributed by atoms with Crippen LogP contribution in [-0.4, -0.2) is 26.7 Å². The normalized spacial score (nSPS) is 16.8. The molecule has 2 aromatic heterocycles. The molecule has 2 heterocycles. The van der Waals surface area contributed by atoms with E-state index >= 15 is 0 Å². The second-order valence-corrected chi connectivity index (χ2v) is 9.63. The maximum absolute atomic E-state index is 12.9. The number of nitriles is 1. The summed E-state index contributed by atoms with van der Waals surface area (Å²) >= 11 is 3.02. The fourth-order valence-corrected chi connectivity index (χ4v) is 5.23. The lowest BCUT2D eigenvalue weighted by atomic mass is 9.83. The summed E-state index contributed by atoms with van der Waals surface area (Å²) in [6.07, 6.45) is 4.55. The molecule has 3 aromatic rings. The summed E-state index contributed by atoms with van der Waals surface area (Å²) in [5.74, 6) is 0.563. The molecule has 1 saturated carbocycles. The summed E-state index contributed by atoms with van der Waals surface area (Å²) in [6, 6.07) is 14.2. The summed E-state index contributed by atoms with van der Waals surface area (Å²) < 4.78 is 0. The van der Waals surface area contributed by atoms with Gasteiger partial charge in [0.15, 0.2) is 5.82 Å². The third kappa shape index (κ3) is 4.29. The molecule has 0 aliphatic heterocycles. The van der Waals surface area contributed by atoms with E-state index in [9.17, 15) is 10.1 Å². The number of hydrogen-bond acceptors (Lipinski definition) is 6. The highest BCUT2D eigenvalue weighted by Crippen LogP contribution is 2.33. The van der Waals surface area contributed by atoms with E-state index in [1.165, 1.54) is 11.8 Å². The van der Waals surface area contributed by atoms with Crippen LogP contribution in [-0.2, 0) is 4.79 Å². The summed E-state index contributed by atoms with van der Waals surface area (Å²) in [4.78, 5) is 23.4. The zero-order valence-electron chi connectivity index (χ0n) is 16.2. The number of nitrogens with zero attached hydrogens (tertiary/aromatic N) is 3. The van der Waals surface area contributed by atoms with Crippen molar-refractivity contribution < 1.29 is 4.79 Å². The van der Waals surface area contributed by atoms with E-state index in [-0.39, 0.29) is 11.2 Å². The van der Waals surface area contributed by atoms with Crippen LogP contribution < -0.4 is 5.32 Å². The third-order valence-corrected chi connectivity index (χ3v) is 7.22. The van der Waals surface area contributed by atoms with Crippen molar-refractivity contribution in [3.8, 4) is 16.8 Å². The molecule has 4 rings (SSSR count). The molecule has 0 radical (unpaired) electrons. The minimum Gasteiger partial charge on any atom is -0.337 e. The number of hydrogen-bond donors (Lipinski definition) is 1.